The molecule has 0 amide bonds. The molecule has 0 aliphatic carbocycles. The maximum absolute atomic E-state index is 13.2. The van der Waals surface area contributed by atoms with Crippen molar-refractivity contribution in [3.05, 3.63) is 69.0 Å². The van der Waals surface area contributed by atoms with Gasteiger partial charge in [0.15, 0.2) is 5.78 Å². The number of halogens is 6. The smallest absolute Gasteiger partial charge is 0.289 e. The largest absolute Gasteiger partial charge is 0.419 e. The Kier molecular flexibility index (Phi) is 4.25. The van der Waals surface area contributed by atoms with Crippen LogP contribution in [0, 0.1) is 5.82 Å². The van der Waals surface area contributed by atoms with E-state index >= 15 is 0 Å². The molecule has 21 heavy (non-hydrogen) atoms. The highest BCUT2D eigenvalue weighted by molar-refractivity contribution is 6.44. The predicted molar refractivity (Wildman–Crippen MR) is 71.3 cm³/mol. The highest BCUT2D eigenvalue weighted by atomic mass is 35.5. The van der Waals surface area contributed by atoms with Gasteiger partial charge in [-0.25, -0.2) is 4.39 Å². The molecule has 0 saturated heterocycles. The Morgan fingerprint density at radius 3 is 2.33 bits per heavy atom. The highest BCUT2D eigenvalue weighted by Crippen LogP contribution is 2.33. The van der Waals surface area contributed by atoms with E-state index in [1.807, 2.05) is 0 Å². The Labute approximate surface area is 127 Å². The van der Waals surface area contributed by atoms with Crippen LogP contribution in [0.25, 0.3) is 0 Å². The van der Waals surface area contributed by atoms with Crippen molar-refractivity contribution in [3.8, 4) is 0 Å². The van der Waals surface area contributed by atoms with Crippen molar-refractivity contribution < 1.29 is 22.4 Å². The number of alkyl halides is 3. The van der Waals surface area contributed by atoms with Crippen LogP contribution in [0.15, 0.2) is 36.4 Å². The fraction of sp³-hybridized carbons (Fsp3) is 0.0714. The van der Waals surface area contributed by atoms with Gasteiger partial charge in [0.2, 0.25) is 0 Å². The molecule has 0 aliphatic rings. The number of benzene rings is 2. The van der Waals surface area contributed by atoms with Crippen LogP contribution in [0.1, 0.15) is 21.5 Å². The normalized spacial score (nSPS) is 11.5. The molecule has 0 saturated carbocycles. The van der Waals surface area contributed by atoms with Gasteiger partial charge in [-0.05, 0) is 30.3 Å². The molecule has 2 aromatic rings. The van der Waals surface area contributed by atoms with Crippen molar-refractivity contribution in [3.63, 3.8) is 0 Å². The number of hydrogen-bond acceptors (Lipinski definition) is 1. The van der Waals surface area contributed by atoms with Crippen molar-refractivity contribution in [2.45, 2.75) is 6.18 Å². The minimum Gasteiger partial charge on any atom is -0.289 e. The summed E-state index contributed by atoms with van der Waals surface area (Å²) in [6, 6.07) is 6.21. The van der Waals surface area contributed by atoms with Gasteiger partial charge < -0.3 is 0 Å². The second-order valence-corrected chi connectivity index (χ2v) is 4.91. The summed E-state index contributed by atoms with van der Waals surface area (Å²) in [5.74, 6) is -2.22. The molecule has 2 aromatic carbocycles. The third-order valence-electron chi connectivity index (χ3n) is 2.73. The van der Waals surface area contributed by atoms with Gasteiger partial charge in [0.25, 0.3) is 0 Å². The molecule has 1 nitrogen and oxygen atoms in total. The Morgan fingerprint density at radius 1 is 1.05 bits per heavy atom. The zero-order chi connectivity index (χ0) is 15.8. The summed E-state index contributed by atoms with van der Waals surface area (Å²) in [6.45, 7) is 0. The van der Waals surface area contributed by atoms with Gasteiger partial charge in [0, 0.05) is 11.1 Å². The van der Waals surface area contributed by atoms with Crippen LogP contribution in [0.3, 0.4) is 0 Å². The summed E-state index contributed by atoms with van der Waals surface area (Å²) in [5, 5.41) is 0.0303. The molecule has 2 rings (SSSR count). The van der Waals surface area contributed by atoms with E-state index in [0.717, 1.165) is 6.07 Å². The third kappa shape index (κ3) is 3.19. The van der Waals surface area contributed by atoms with Crippen LogP contribution in [-0.2, 0) is 6.18 Å². The van der Waals surface area contributed by atoms with Gasteiger partial charge >= 0.3 is 6.18 Å². The summed E-state index contributed by atoms with van der Waals surface area (Å²) >= 11 is 11.6. The fourth-order valence-electron chi connectivity index (χ4n) is 1.72. The average Bonchev–Trinajstić information content (AvgIpc) is 2.40. The molecule has 0 aromatic heterocycles. The minimum atomic E-state index is -4.89. The Morgan fingerprint density at radius 2 is 1.71 bits per heavy atom. The quantitative estimate of drug-likeness (QED) is 0.531. The highest BCUT2D eigenvalue weighted by Gasteiger charge is 2.34. The molecule has 0 bridgehead atoms. The van der Waals surface area contributed by atoms with Crippen LogP contribution in [0.4, 0.5) is 17.6 Å². The standard InChI is InChI=1S/C14H6Cl2F4O/c15-10-3-1-2-8(12(10)16)13(21)7-4-5-11(17)9(6-7)14(18,19)20/h1-6H. The van der Waals surface area contributed by atoms with E-state index in [-0.39, 0.29) is 21.2 Å². The number of ketones is 1. The lowest BCUT2D eigenvalue weighted by molar-refractivity contribution is -0.140. The molecule has 0 aliphatic heterocycles. The second-order valence-electron chi connectivity index (χ2n) is 4.12. The number of carbonyl (C=O) groups is 1. The summed E-state index contributed by atoms with van der Waals surface area (Å²) in [5.41, 5.74) is -1.89. The first-order valence-electron chi connectivity index (χ1n) is 5.57. The monoisotopic (exact) mass is 336 g/mol. The van der Waals surface area contributed by atoms with E-state index in [1.165, 1.54) is 18.2 Å². The van der Waals surface area contributed by atoms with Gasteiger partial charge in [0.05, 0.1) is 15.6 Å². The van der Waals surface area contributed by atoms with Crippen LogP contribution >= 0.6 is 23.2 Å². The Bertz CT molecular complexity index is 711. The maximum Gasteiger partial charge on any atom is 0.419 e. The summed E-state index contributed by atoms with van der Waals surface area (Å²) in [7, 11) is 0. The Hall–Kier alpha value is -1.59. The van der Waals surface area contributed by atoms with Crippen molar-refractivity contribution >= 4 is 29.0 Å². The number of carbonyl (C=O) groups excluding carboxylic acids is 1. The van der Waals surface area contributed by atoms with Crippen molar-refractivity contribution in [2.24, 2.45) is 0 Å². The third-order valence-corrected chi connectivity index (χ3v) is 3.55. The maximum atomic E-state index is 13.2. The number of rotatable bonds is 2. The first-order valence-corrected chi connectivity index (χ1v) is 6.33. The van der Waals surface area contributed by atoms with Gasteiger partial charge in [-0.15, -0.1) is 0 Å². The van der Waals surface area contributed by atoms with Crippen LogP contribution in [-0.4, -0.2) is 5.78 Å². The molecule has 0 spiro atoms. The van der Waals surface area contributed by atoms with E-state index in [2.05, 4.69) is 0 Å². The molecular formula is C14H6Cl2F4O. The fourth-order valence-corrected chi connectivity index (χ4v) is 2.10. The Balaban J connectivity index is 2.52. The first-order chi connectivity index (χ1) is 9.71. The minimum absolute atomic E-state index is 0.0519. The second kappa shape index (κ2) is 5.66. The van der Waals surface area contributed by atoms with E-state index in [4.69, 9.17) is 23.2 Å². The van der Waals surface area contributed by atoms with Crippen LogP contribution < -0.4 is 0 Å². The number of hydrogen-bond donors (Lipinski definition) is 0. The molecule has 0 radical (unpaired) electrons. The van der Waals surface area contributed by atoms with Gasteiger partial charge in [-0.2, -0.15) is 13.2 Å². The van der Waals surface area contributed by atoms with Gasteiger partial charge in [-0.3, -0.25) is 4.79 Å². The molecule has 0 fully saturated rings. The zero-order valence-electron chi connectivity index (χ0n) is 10.1. The summed E-state index contributed by atoms with van der Waals surface area (Å²) in [4.78, 5) is 12.2. The van der Waals surface area contributed by atoms with Gasteiger partial charge in [0.1, 0.15) is 5.82 Å². The van der Waals surface area contributed by atoms with Crippen molar-refractivity contribution in [2.75, 3.05) is 0 Å². The molecule has 0 heterocycles. The average molecular weight is 337 g/mol. The van der Waals surface area contributed by atoms with E-state index in [9.17, 15) is 22.4 Å². The van der Waals surface area contributed by atoms with Gasteiger partial charge in [-0.1, -0.05) is 29.3 Å². The first kappa shape index (κ1) is 15.8. The van der Waals surface area contributed by atoms with Crippen LogP contribution in [0.2, 0.25) is 10.0 Å². The van der Waals surface area contributed by atoms with Crippen molar-refractivity contribution in [1.82, 2.24) is 0 Å². The SMILES string of the molecule is O=C(c1ccc(F)c(C(F)(F)F)c1)c1cccc(Cl)c1Cl. The lowest BCUT2D eigenvalue weighted by atomic mass is 10.0. The topological polar surface area (TPSA) is 17.1 Å². The lowest BCUT2D eigenvalue weighted by Gasteiger charge is -2.10. The van der Waals surface area contributed by atoms with E-state index < -0.39 is 23.3 Å². The molecule has 110 valence electrons. The molecule has 0 unspecified atom stereocenters. The van der Waals surface area contributed by atoms with E-state index in [1.54, 1.807) is 0 Å². The summed E-state index contributed by atoms with van der Waals surface area (Å²) in [6.07, 6.45) is -4.89. The van der Waals surface area contributed by atoms with E-state index in [0.29, 0.717) is 12.1 Å². The summed E-state index contributed by atoms with van der Waals surface area (Å²) < 4.78 is 51.1. The zero-order valence-corrected chi connectivity index (χ0v) is 11.7. The molecule has 7 heteroatoms. The van der Waals surface area contributed by atoms with Crippen molar-refractivity contribution in [1.29, 1.82) is 0 Å². The lowest BCUT2D eigenvalue weighted by Crippen LogP contribution is -2.11. The predicted octanol–water partition coefficient (Wildman–Crippen LogP) is 5.38. The molecule has 0 N–H and O–H groups in total. The van der Waals surface area contributed by atoms with Crippen LogP contribution in [0.5, 0.6) is 0 Å². The molecule has 0 atom stereocenters. The molecular weight excluding hydrogens is 331 g/mol.